The number of carbonyl (C=O) groups excluding carboxylic acids is 2. The maximum Gasteiger partial charge on any atom is 0.341 e. The van der Waals surface area contributed by atoms with Crippen LogP contribution in [0.5, 0.6) is 5.75 Å². The van der Waals surface area contributed by atoms with Crippen LogP contribution in [0.4, 0.5) is 5.00 Å². The number of hydrogen-bond acceptors (Lipinski definition) is 6. The molecule has 2 aromatic rings. The maximum absolute atomic E-state index is 13.2. The molecule has 1 saturated heterocycles. The molecule has 1 aromatic heterocycles. The van der Waals surface area contributed by atoms with Gasteiger partial charge in [0.2, 0.25) is 0 Å². The lowest BCUT2D eigenvalue weighted by molar-refractivity contribution is 0.0497. The average Bonchev–Trinajstić information content (AvgIpc) is 3.16. The normalized spacial score (nSPS) is 19.0. The Bertz CT molecular complexity index is 1060. The molecule has 1 aliphatic carbocycles. The smallest absolute Gasteiger partial charge is 0.341 e. The number of carbonyl (C=O) groups is 2. The third-order valence-electron chi connectivity index (χ3n) is 6.85. The molecule has 35 heavy (non-hydrogen) atoms. The van der Waals surface area contributed by atoms with Crippen LogP contribution in [0.1, 0.15) is 85.0 Å². The predicted molar refractivity (Wildman–Crippen MR) is 139 cm³/mol. The van der Waals surface area contributed by atoms with Crippen LogP contribution in [0.25, 0.3) is 0 Å². The number of ether oxygens (including phenoxy) is 3. The number of amides is 1. The highest BCUT2D eigenvalue weighted by Crippen LogP contribution is 2.52. The highest BCUT2D eigenvalue weighted by atomic mass is 32.1. The summed E-state index contributed by atoms with van der Waals surface area (Å²) in [5, 5.41) is 3.59. The fourth-order valence-corrected chi connectivity index (χ4v) is 6.81. The number of rotatable bonds is 7. The summed E-state index contributed by atoms with van der Waals surface area (Å²) >= 11 is 1.51. The van der Waals surface area contributed by atoms with Gasteiger partial charge in [-0.2, -0.15) is 0 Å². The monoisotopic (exact) mass is 499 g/mol. The maximum atomic E-state index is 13.2. The Morgan fingerprint density at radius 3 is 2.46 bits per heavy atom. The zero-order valence-electron chi connectivity index (χ0n) is 21.5. The van der Waals surface area contributed by atoms with Crippen LogP contribution in [-0.2, 0) is 21.3 Å². The number of hydrogen-bond donors (Lipinski definition) is 1. The summed E-state index contributed by atoms with van der Waals surface area (Å²) in [6.07, 6.45) is 3.83. The summed E-state index contributed by atoms with van der Waals surface area (Å²) in [6, 6.07) is 7.18. The number of anilines is 1. The highest BCUT2D eigenvalue weighted by Gasteiger charge is 2.42. The molecule has 1 N–H and O–H groups in total. The number of fused-ring (bicyclic) bond motifs is 1. The van der Waals surface area contributed by atoms with Gasteiger partial charge in [0.05, 0.1) is 18.8 Å². The standard InChI is InChI=1S/C28H37NO5S/c1-6-33-26(31)22-21-15-27(2,3)17-28(4,5)23(21)35-25(22)29-24(30)19-7-9-20(10-8-19)34-16-18-11-13-32-14-12-18/h7-10,18H,6,11-17H2,1-5H3,(H,29,30). The Morgan fingerprint density at radius 2 is 1.80 bits per heavy atom. The molecule has 0 unspecified atom stereocenters. The first-order chi connectivity index (χ1) is 16.6. The minimum atomic E-state index is -0.370. The van der Waals surface area contributed by atoms with Crippen LogP contribution in [0.3, 0.4) is 0 Å². The number of nitrogens with one attached hydrogen (secondary N) is 1. The first-order valence-electron chi connectivity index (χ1n) is 12.5. The first-order valence-corrected chi connectivity index (χ1v) is 13.4. The van der Waals surface area contributed by atoms with Gasteiger partial charge in [-0.3, -0.25) is 4.79 Å². The van der Waals surface area contributed by atoms with Gasteiger partial charge in [-0.05, 0) is 79.2 Å². The molecule has 2 aliphatic rings. The third kappa shape index (κ3) is 5.89. The van der Waals surface area contributed by atoms with Crippen LogP contribution >= 0.6 is 11.3 Å². The van der Waals surface area contributed by atoms with Crippen LogP contribution in [0, 0.1) is 11.3 Å². The SMILES string of the molecule is CCOC(=O)c1c(NC(=O)c2ccc(OCC3CCOCC3)cc2)sc2c1CC(C)(C)CC2(C)C. The minimum Gasteiger partial charge on any atom is -0.493 e. The third-order valence-corrected chi connectivity index (χ3v) is 8.36. The lowest BCUT2D eigenvalue weighted by atomic mass is 9.65. The van der Waals surface area contributed by atoms with E-state index in [1.54, 1.807) is 19.1 Å². The van der Waals surface area contributed by atoms with Gasteiger partial charge in [-0.15, -0.1) is 11.3 Å². The Morgan fingerprint density at radius 1 is 1.11 bits per heavy atom. The van der Waals surface area contributed by atoms with Crippen molar-refractivity contribution in [2.75, 3.05) is 31.7 Å². The molecule has 190 valence electrons. The average molecular weight is 500 g/mol. The molecule has 1 aromatic carbocycles. The van der Waals surface area contributed by atoms with E-state index in [9.17, 15) is 9.59 Å². The fraction of sp³-hybridized carbons (Fsp3) is 0.571. The van der Waals surface area contributed by atoms with Crippen molar-refractivity contribution < 1.29 is 23.8 Å². The van der Waals surface area contributed by atoms with E-state index in [4.69, 9.17) is 14.2 Å². The largest absolute Gasteiger partial charge is 0.493 e. The summed E-state index contributed by atoms with van der Waals surface area (Å²) in [5.74, 6) is 0.635. The lowest BCUT2D eigenvalue weighted by Gasteiger charge is -2.40. The van der Waals surface area contributed by atoms with E-state index in [0.29, 0.717) is 35.3 Å². The van der Waals surface area contributed by atoms with Crippen LogP contribution in [0.2, 0.25) is 0 Å². The Kier molecular flexibility index (Phi) is 7.57. The molecule has 0 atom stereocenters. The molecule has 0 saturated carbocycles. The summed E-state index contributed by atoms with van der Waals surface area (Å²) < 4.78 is 16.7. The van der Waals surface area contributed by atoms with Gasteiger partial charge in [0.15, 0.2) is 0 Å². The van der Waals surface area contributed by atoms with E-state index in [0.717, 1.165) is 55.1 Å². The lowest BCUT2D eigenvalue weighted by Crippen LogP contribution is -2.34. The fourth-order valence-electron chi connectivity index (χ4n) is 5.51. The van der Waals surface area contributed by atoms with Crippen molar-refractivity contribution in [3.05, 3.63) is 45.8 Å². The van der Waals surface area contributed by atoms with Gasteiger partial charge >= 0.3 is 5.97 Å². The molecular formula is C28H37NO5S. The molecule has 1 aliphatic heterocycles. The highest BCUT2D eigenvalue weighted by molar-refractivity contribution is 7.17. The van der Waals surface area contributed by atoms with Crippen molar-refractivity contribution in [2.45, 2.75) is 65.7 Å². The molecule has 1 amide bonds. The Balaban J connectivity index is 1.52. The van der Waals surface area contributed by atoms with Gasteiger partial charge in [0.25, 0.3) is 5.91 Å². The van der Waals surface area contributed by atoms with E-state index in [1.807, 2.05) is 12.1 Å². The van der Waals surface area contributed by atoms with Crippen LogP contribution in [0.15, 0.2) is 24.3 Å². The molecule has 2 heterocycles. The van der Waals surface area contributed by atoms with Gasteiger partial charge in [0.1, 0.15) is 10.8 Å². The number of thiophene rings is 1. The van der Waals surface area contributed by atoms with Crippen molar-refractivity contribution in [2.24, 2.45) is 11.3 Å². The zero-order valence-corrected chi connectivity index (χ0v) is 22.3. The molecule has 0 bridgehead atoms. The molecule has 0 radical (unpaired) electrons. The molecule has 6 nitrogen and oxygen atoms in total. The van der Waals surface area contributed by atoms with Crippen molar-refractivity contribution in [3.8, 4) is 5.75 Å². The van der Waals surface area contributed by atoms with Gasteiger partial charge in [-0.1, -0.05) is 27.7 Å². The van der Waals surface area contributed by atoms with Crippen molar-refractivity contribution >= 4 is 28.2 Å². The second-order valence-corrected chi connectivity index (χ2v) is 12.1. The second kappa shape index (κ2) is 10.3. The van der Waals surface area contributed by atoms with Crippen LogP contribution in [-0.4, -0.2) is 38.3 Å². The van der Waals surface area contributed by atoms with Gasteiger partial charge in [-0.25, -0.2) is 4.79 Å². The second-order valence-electron chi connectivity index (χ2n) is 11.1. The molecule has 7 heteroatoms. The molecule has 1 fully saturated rings. The van der Waals surface area contributed by atoms with E-state index in [-0.39, 0.29) is 22.7 Å². The van der Waals surface area contributed by atoms with Crippen LogP contribution < -0.4 is 10.1 Å². The van der Waals surface area contributed by atoms with E-state index in [1.165, 1.54) is 11.3 Å². The van der Waals surface area contributed by atoms with Crippen molar-refractivity contribution in [1.29, 1.82) is 0 Å². The van der Waals surface area contributed by atoms with E-state index >= 15 is 0 Å². The molecule has 4 rings (SSSR count). The summed E-state index contributed by atoms with van der Waals surface area (Å²) in [7, 11) is 0. The summed E-state index contributed by atoms with van der Waals surface area (Å²) in [4.78, 5) is 27.3. The van der Waals surface area contributed by atoms with E-state index < -0.39 is 0 Å². The van der Waals surface area contributed by atoms with Gasteiger partial charge < -0.3 is 19.5 Å². The Hall–Kier alpha value is -2.38. The first kappa shape index (κ1) is 25.7. The molecule has 0 spiro atoms. The molecular weight excluding hydrogens is 462 g/mol. The number of esters is 1. The van der Waals surface area contributed by atoms with Crippen molar-refractivity contribution in [3.63, 3.8) is 0 Å². The van der Waals surface area contributed by atoms with Gasteiger partial charge in [0, 0.05) is 23.7 Å². The quantitative estimate of drug-likeness (QED) is 0.457. The zero-order chi connectivity index (χ0) is 25.2. The predicted octanol–water partition coefficient (Wildman–Crippen LogP) is 6.23. The summed E-state index contributed by atoms with van der Waals surface area (Å²) in [6.45, 7) is 13.2. The summed E-state index contributed by atoms with van der Waals surface area (Å²) in [5.41, 5.74) is 2.01. The van der Waals surface area contributed by atoms with Crippen molar-refractivity contribution in [1.82, 2.24) is 0 Å². The topological polar surface area (TPSA) is 73.9 Å². The minimum absolute atomic E-state index is 0.0561. The number of benzene rings is 1. The van der Waals surface area contributed by atoms with E-state index in [2.05, 4.69) is 33.0 Å². The Labute approximate surface area is 212 Å².